The van der Waals surface area contributed by atoms with Crippen molar-refractivity contribution in [2.75, 3.05) is 0 Å². The molecule has 2 aromatic heterocycles. The fourth-order valence-corrected chi connectivity index (χ4v) is 3.76. The van der Waals surface area contributed by atoms with Gasteiger partial charge >= 0.3 is 0 Å². The van der Waals surface area contributed by atoms with Gasteiger partial charge in [0.15, 0.2) is 0 Å². The van der Waals surface area contributed by atoms with Crippen LogP contribution >= 0.6 is 11.6 Å². The van der Waals surface area contributed by atoms with E-state index in [0.29, 0.717) is 22.4 Å². The number of halogens is 2. The van der Waals surface area contributed by atoms with E-state index in [4.69, 9.17) is 22.1 Å². The molecule has 0 fully saturated rings. The van der Waals surface area contributed by atoms with Crippen molar-refractivity contribution in [3.63, 3.8) is 0 Å². The van der Waals surface area contributed by atoms with Gasteiger partial charge in [0, 0.05) is 22.7 Å². The summed E-state index contributed by atoms with van der Waals surface area (Å²) in [7, 11) is 0. The van der Waals surface area contributed by atoms with E-state index in [-0.39, 0.29) is 17.7 Å². The molecule has 1 unspecified atom stereocenters. The minimum Gasteiger partial charge on any atom is -0.487 e. The molecule has 154 valence electrons. The van der Waals surface area contributed by atoms with Gasteiger partial charge in [-0.15, -0.1) is 0 Å². The molecular weight excluding hydrogens is 405 g/mol. The van der Waals surface area contributed by atoms with Crippen LogP contribution in [0.3, 0.4) is 0 Å². The van der Waals surface area contributed by atoms with Crippen LogP contribution in [0, 0.1) is 19.7 Å². The molecule has 2 aromatic carbocycles. The van der Waals surface area contributed by atoms with E-state index >= 15 is 0 Å². The Balaban J connectivity index is 1.77. The summed E-state index contributed by atoms with van der Waals surface area (Å²) in [6, 6.07) is 9.93. The second kappa shape index (κ2) is 8.01. The van der Waals surface area contributed by atoms with E-state index in [9.17, 15) is 4.39 Å². The van der Waals surface area contributed by atoms with Crippen molar-refractivity contribution < 1.29 is 9.13 Å². The summed E-state index contributed by atoms with van der Waals surface area (Å²) >= 11 is 6.29. The number of hydrogen-bond acceptors (Lipinski definition) is 5. The van der Waals surface area contributed by atoms with Gasteiger partial charge in [-0.3, -0.25) is 0 Å². The molecule has 30 heavy (non-hydrogen) atoms. The Kier molecular flexibility index (Phi) is 5.40. The van der Waals surface area contributed by atoms with Crippen LogP contribution in [0.5, 0.6) is 5.75 Å². The van der Waals surface area contributed by atoms with E-state index in [2.05, 4.69) is 15.1 Å². The second-order valence-corrected chi connectivity index (χ2v) is 7.59. The zero-order chi connectivity index (χ0) is 21.4. The molecule has 0 aliphatic heterocycles. The standard InChI is InChI=1S/C22H21ClFN5O/c1-12-7-20(29-14(3)26-11-27-29)16-5-4-6-21(22(16)28-12)30-10-18-17(13(2)25)8-15(24)9-19(18)23/h4-9,11,13H,10,25H2,1-3H3. The third-order valence-corrected chi connectivity index (χ3v) is 5.25. The number of rotatable bonds is 5. The quantitative estimate of drug-likeness (QED) is 0.495. The molecule has 2 N–H and O–H groups in total. The van der Waals surface area contributed by atoms with Crippen molar-refractivity contribution in [2.24, 2.45) is 5.73 Å². The summed E-state index contributed by atoms with van der Waals surface area (Å²) in [5.41, 5.74) is 9.67. The smallest absolute Gasteiger partial charge is 0.146 e. The van der Waals surface area contributed by atoms with Gasteiger partial charge in [0.1, 0.15) is 35.8 Å². The van der Waals surface area contributed by atoms with E-state index in [0.717, 1.165) is 22.6 Å². The third-order valence-electron chi connectivity index (χ3n) is 4.91. The van der Waals surface area contributed by atoms with Crippen molar-refractivity contribution in [3.8, 4) is 11.4 Å². The molecule has 0 aliphatic rings. The molecular formula is C22H21ClFN5O. The first-order chi connectivity index (χ1) is 14.3. The molecule has 0 amide bonds. The summed E-state index contributed by atoms with van der Waals surface area (Å²) in [4.78, 5) is 8.89. The van der Waals surface area contributed by atoms with Crippen molar-refractivity contribution in [1.82, 2.24) is 19.7 Å². The second-order valence-electron chi connectivity index (χ2n) is 7.19. The minimum absolute atomic E-state index is 0.141. The van der Waals surface area contributed by atoms with Crippen molar-refractivity contribution in [3.05, 3.63) is 76.2 Å². The predicted molar refractivity (Wildman–Crippen MR) is 114 cm³/mol. The van der Waals surface area contributed by atoms with Gasteiger partial charge < -0.3 is 10.5 Å². The molecule has 0 spiro atoms. The van der Waals surface area contributed by atoms with Crippen LogP contribution in [0.2, 0.25) is 5.02 Å². The summed E-state index contributed by atoms with van der Waals surface area (Å²) < 4.78 is 21.7. The lowest BCUT2D eigenvalue weighted by molar-refractivity contribution is 0.307. The number of nitrogens with two attached hydrogens (primary N) is 1. The lowest BCUT2D eigenvalue weighted by Crippen LogP contribution is -2.11. The summed E-state index contributed by atoms with van der Waals surface area (Å²) in [5, 5.41) is 5.48. The number of benzene rings is 2. The van der Waals surface area contributed by atoms with Crippen LogP contribution in [-0.4, -0.2) is 19.7 Å². The van der Waals surface area contributed by atoms with E-state index in [1.807, 2.05) is 38.1 Å². The maximum Gasteiger partial charge on any atom is 0.146 e. The molecule has 4 rings (SSSR count). The Morgan fingerprint density at radius 1 is 1.23 bits per heavy atom. The summed E-state index contributed by atoms with van der Waals surface area (Å²) in [5.74, 6) is 0.936. The van der Waals surface area contributed by atoms with Gasteiger partial charge in [0.25, 0.3) is 0 Å². The number of hydrogen-bond donors (Lipinski definition) is 1. The van der Waals surface area contributed by atoms with Crippen LogP contribution < -0.4 is 10.5 Å². The number of nitrogens with zero attached hydrogens (tertiary/aromatic N) is 4. The Morgan fingerprint density at radius 2 is 2.03 bits per heavy atom. The molecule has 0 bridgehead atoms. The highest BCUT2D eigenvalue weighted by atomic mass is 35.5. The monoisotopic (exact) mass is 425 g/mol. The lowest BCUT2D eigenvalue weighted by Gasteiger charge is -2.17. The Bertz CT molecular complexity index is 1240. The number of aryl methyl sites for hydroxylation is 2. The average molecular weight is 426 g/mol. The van der Waals surface area contributed by atoms with Crippen LogP contribution in [0.4, 0.5) is 4.39 Å². The zero-order valence-electron chi connectivity index (χ0n) is 16.9. The van der Waals surface area contributed by atoms with Gasteiger partial charge in [-0.05, 0) is 50.6 Å². The molecule has 0 saturated heterocycles. The normalized spacial score (nSPS) is 12.3. The maximum absolute atomic E-state index is 13.8. The molecule has 2 heterocycles. The Morgan fingerprint density at radius 3 is 2.73 bits per heavy atom. The average Bonchev–Trinajstić information content (AvgIpc) is 3.12. The van der Waals surface area contributed by atoms with Crippen molar-refractivity contribution in [1.29, 1.82) is 0 Å². The highest BCUT2D eigenvalue weighted by Crippen LogP contribution is 2.32. The van der Waals surface area contributed by atoms with Crippen LogP contribution in [-0.2, 0) is 6.61 Å². The molecule has 0 aliphatic carbocycles. The third kappa shape index (κ3) is 3.74. The summed E-state index contributed by atoms with van der Waals surface area (Å²) in [6.45, 7) is 5.73. The largest absolute Gasteiger partial charge is 0.487 e. The van der Waals surface area contributed by atoms with Gasteiger partial charge in [-0.1, -0.05) is 23.7 Å². The topological polar surface area (TPSA) is 78.8 Å². The number of pyridine rings is 1. The van der Waals surface area contributed by atoms with E-state index in [1.54, 1.807) is 11.6 Å². The fraction of sp³-hybridized carbons (Fsp3) is 0.227. The molecule has 8 heteroatoms. The number of aromatic nitrogens is 4. The Labute approximate surface area is 178 Å². The highest BCUT2D eigenvalue weighted by Gasteiger charge is 2.16. The van der Waals surface area contributed by atoms with Crippen LogP contribution in [0.1, 0.15) is 35.6 Å². The van der Waals surface area contributed by atoms with Gasteiger partial charge in [-0.2, -0.15) is 5.10 Å². The van der Waals surface area contributed by atoms with E-state index < -0.39 is 5.82 Å². The molecule has 6 nitrogen and oxygen atoms in total. The first-order valence-electron chi connectivity index (χ1n) is 9.48. The fourth-order valence-electron chi connectivity index (χ4n) is 3.49. The highest BCUT2D eigenvalue weighted by molar-refractivity contribution is 6.31. The predicted octanol–water partition coefficient (Wildman–Crippen LogP) is 4.82. The van der Waals surface area contributed by atoms with Gasteiger partial charge in [0.05, 0.1) is 10.7 Å². The molecule has 0 radical (unpaired) electrons. The lowest BCUT2D eigenvalue weighted by atomic mass is 10.0. The van der Waals surface area contributed by atoms with Gasteiger partial charge in [0.2, 0.25) is 0 Å². The first-order valence-corrected chi connectivity index (χ1v) is 9.86. The molecule has 1 atom stereocenters. The van der Waals surface area contributed by atoms with Crippen molar-refractivity contribution in [2.45, 2.75) is 33.4 Å². The summed E-state index contributed by atoms with van der Waals surface area (Å²) in [6.07, 6.45) is 1.52. The van der Waals surface area contributed by atoms with E-state index in [1.165, 1.54) is 18.5 Å². The van der Waals surface area contributed by atoms with Crippen molar-refractivity contribution >= 4 is 22.5 Å². The van der Waals surface area contributed by atoms with Crippen LogP contribution in [0.15, 0.2) is 42.7 Å². The SMILES string of the molecule is Cc1cc(-n2ncnc2C)c2cccc(OCc3c(Cl)cc(F)cc3C(C)N)c2n1. The Hall–Kier alpha value is -3.03. The van der Waals surface area contributed by atoms with Crippen LogP contribution in [0.25, 0.3) is 16.6 Å². The minimum atomic E-state index is -0.425. The number of para-hydroxylation sites is 1. The zero-order valence-corrected chi connectivity index (χ0v) is 17.6. The first kappa shape index (κ1) is 20.3. The molecule has 0 saturated carbocycles. The van der Waals surface area contributed by atoms with Gasteiger partial charge in [-0.25, -0.2) is 19.0 Å². The number of fused-ring (bicyclic) bond motifs is 1. The maximum atomic E-state index is 13.8. The number of ether oxygens (including phenoxy) is 1. The molecule has 4 aromatic rings.